The van der Waals surface area contributed by atoms with Crippen molar-refractivity contribution in [3.05, 3.63) is 40.3 Å². The summed E-state index contributed by atoms with van der Waals surface area (Å²) in [7, 11) is 1.17. The number of ether oxygens (including phenoxy) is 2. The minimum Gasteiger partial charge on any atom is -0.493 e. The fraction of sp³-hybridized carbons (Fsp3) is 0.250. The first-order valence-electron chi connectivity index (χ1n) is 7.48. The number of halogens is 3. The van der Waals surface area contributed by atoms with Gasteiger partial charge < -0.3 is 9.47 Å². The smallest absolute Gasteiger partial charge is 0.419 e. The molecule has 7 nitrogen and oxygen atoms in total. The Morgan fingerprint density at radius 1 is 1.37 bits per heavy atom. The third-order valence-electron chi connectivity index (χ3n) is 3.07. The lowest BCUT2D eigenvalue weighted by molar-refractivity contribution is -0.139. The maximum Gasteiger partial charge on any atom is 0.419 e. The number of amidine groups is 1. The number of benzene rings is 1. The summed E-state index contributed by atoms with van der Waals surface area (Å²) in [6, 6.07) is 3.48. The molecule has 27 heavy (non-hydrogen) atoms. The lowest BCUT2D eigenvalue weighted by Crippen LogP contribution is -2.19. The van der Waals surface area contributed by atoms with Crippen LogP contribution in [0, 0.1) is 0 Å². The van der Waals surface area contributed by atoms with Crippen LogP contribution in [0.4, 0.5) is 13.2 Å². The van der Waals surface area contributed by atoms with E-state index in [1.807, 2.05) is 0 Å². The number of hydrogen-bond donors (Lipinski definition) is 1. The first-order chi connectivity index (χ1) is 12.7. The van der Waals surface area contributed by atoms with Crippen LogP contribution in [-0.4, -0.2) is 37.0 Å². The molecule has 2 rings (SSSR count). The molecule has 0 spiro atoms. The van der Waals surface area contributed by atoms with Crippen LogP contribution in [0.3, 0.4) is 0 Å². The number of rotatable bonds is 5. The predicted octanol–water partition coefficient (Wildman–Crippen LogP) is 2.71. The van der Waals surface area contributed by atoms with Crippen molar-refractivity contribution in [1.29, 1.82) is 0 Å². The largest absolute Gasteiger partial charge is 0.493 e. The van der Waals surface area contributed by atoms with Crippen LogP contribution in [0.2, 0.25) is 0 Å². The standard InChI is InChI=1S/C16H14F3N3O4S/c1-3-26-11-5-4-9(6-10(11)16(17,18)19)8-20-22-15-21-14(24)12(27-15)7-13(23)25-2/h4-8H,3H2,1-2H3,(H,21,22,24)/b12-7+,20-8?. The topological polar surface area (TPSA) is 89.4 Å². The molecule has 0 unspecified atom stereocenters. The quantitative estimate of drug-likeness (QED) is 0.355. The van der Waals surface area contributed by atoms with Crippen molar-refractivity contribution >= 4 is 35.0 Å². The van der Waals surface area contributed by atoms with Crippen molar-refractivity contribution in [2.24, 2.45) is 10.2 Å². The lowest BCUT2D eigenvalue weighted by atomic mass is 10.1. The fourth-order valence-electron chi connectivity index (χ4n) is 1.92. The molecule has 0 atom stereocenters. The Labute approximate surface area is 156 Å². The number of carbonyl (C=O) groups is 2. The third kappa shape index (κ3) is 5.58. The molecular weight excluding hydrogens is 387 g/mol. The lowest BCUT2D eigenvalue weighted by Gasteiger charge is -2.13. The summed E-state index contributed by atoms with van der Waals surface area (Å²) in [6.45, 7) is 1.69. The minimum absolute atomic E-state index is 0.0659. The second-order valence-electron chi connectivity index (χ2n) is 4.92. The maximum absolute atomic E-state index is 13.1. The van der Waals surface area contributed by atoms with Crippen LogP contribution in [0.5, 0.6) is 5.75 Å². The van der Waals surface area contributed by atoms with Crippen LogP contribution >= 0.6 is 11.8 Å². The predicted molar refractivity (Wildman–Crippen MR) is 93.5 cm³/mol. The van der Waals surface area contributed by atoms with Gasteiger partial charge in [-0.1, -0.05) is 0 Å². The van der Waals surface area contributed by atoms with Gasteiger partial charge in [-0.25, -0.2) is 4.79 Å². The van der Waals surface area contributed by atoms with E-state index in [0.717, 1.165) is 30.1 Å². The number of methoxy groups -OCH3 is 1. The molecule has 0 radical (unpaired) electrons. The summed E-state index contributed by atoms with van der Waals surface area (Å²) >= 11 is 0.850. The summed E-state index contributed by atoms with van der Waals surface area (Å²) in [5, 5.41) is 9.82. The van der Waals surface area contributed by atoms with Crippen molar-refractivity contribution in [1.82, 2.24) is 5.32 Å². The molecule has 0 saturated carbocycles. The van der Waals surface area contributed by atoms with E-state index in [2.05, 4.69) is 20.3 Å². The molecule has 0 aliphatic carbocycles. The van der Waals surface area contributed by atoms with Crippen molar-refractivity contribution in [3.8, 4) is 5.75 Å². The van der Waals surface area contributed by atoms with E-state index in [-0.39, 0.29) is 28.0 Å². The highest BCUT2D eigenvalue weighted by molar-refractivity contribution is 8.18. The van der Waals surface area contributed by atoms with E-state index in [1.54, 1.807) is 6.92 Å². The number of nitrogens with one attached hydrogen (secondary N) is 1. The monoisotopic (exact) mass is 401 g/mol. The summed E-state index contributed by atoms with van der Waals surface area (Å²) in [5.74, 6) is -1.53. The van der Waals surface area contributed by atoms with Gasteiger partial charge in [-0.15, -0.1) is 5.10 Å². The van der Waals surface area contributed by atoms with Gasteiger partial charge >= 0.3 is 12.1 Å². The summed E-state index contributed by atoms with van der Waals surface area (Å²) < 4.78 is 48.7. The van der Waals surface area contributed by atoms with E-state index in [0.29, 0.717) is 0 Å². The van der Waals surface area contributed by atoms with E-state index in [9.17, 15) is 22.8 Å². The molecule has 1 aliphatic rings. The molecule has 1 heterocycles. The summed E-state index contributed by atoms with van der Waals surface area (Å²) in [4.78, 5) is 22.9. The highest BCUT2D eigenvalue weighted by Gasteiger charge is 2.34. The van der Waals surface area contributed by atoms with Gasteiger partial charge in [0.2, 0.25) is 0 Å². The van der Waals surface area contributed by atoms with Crippen LogP contribution in [-0.2, 0) is 20.5 Å². The Bertz CT molecular complexity index is 835. The number of thioether (sulfide) groups is 1. The Morgan fingerprint density at radius 3 is 2.74 bits per heavy atom. The Kier molecular flexibility index (Phi) is 6.61. The second kappa shape index (κ2) is 8.71. The van der Waals surface area contributed by atoms with Crippen molar-refractivity contribution in [2.45, 2.75) is 13.1 Å². The fourth-order valence-corrected chi connectivity index (χ4v) is 2.66. The summed E-state index contributed by atoms with van der Waals surface area (Å²) in [6.07, 6.45) is -2.48. The average Bonchev–Trinajstić information content (AvgIpc) is 2.94. The first-order valence-corrected chi connectivity index (χ1v) is 8.30. The zero-order valence-corrected chi connectivity index (χ0v) is 15.0. The van der Waals surface area contributed by atoms with Gasteiger partial charge in [0, 0.05) is 6.08 Å². The van der Waals surface area contributed by atoms with Gasteiger partial charge in [0.25, 0.3) is 5.91 Å². The van der Waals surface area contributed by atoms with Gasteiger partial charge in [0.1, 0.15) is 5.75 Å². The highest BCUT2D eigenvalue weighted by Crippen LogP contribution is 2.36. The minimum atomic E-state index is -4.58. The average molecular weight is 401 g/mol. The molecule has 0 aromatic heterocycles. The summed E-state index contributed by atoms with van der Waals surface area (Å²) in [5.41, 5.74) is -0.775. The second-order valence-corrected chi connectivity index (χ2v) is 5.95. The van der Waals surface area contributed by atoms with Gasteiger partial charge in [0.15, 0.2) is 5.17 Å². The number of carbonyl (C=O) groups excluding carboxylic acids is 2. The van der Waals surface area contributed by atoms with E-state index >= 15 is 0 Å². The number of amides is 1. The Morgan fingerprint density at radius 2 is 2.11 bits per heavy atom. The van der Waals surface area contributed by atoms with Crippen molar-refractivity contribution in [2.75, 3.05) is 13.7 Å². The molecule has 1 amide bonds. The molecule has 11 heteroatoms. The van der Waals surface area contributed by atoms with E-state index in [4.69, 9.17) is 4.74 Å². The van der Waals surface area contributed by atoms with E-state index in [1.165, 1.54) is 19.2 Å². The molecule has 1 aromatic carbocycles. The molecule has 1 saturated heterocycles. The van der Waals surface area contributed by atoms with Gasteiger partial charge in [-0.3, -0.25) is 10.1 Å². The number of hydrogen-bond acceptors (Lipinski definition) is 7. The van der Waals surface area contributed by atoms with Crippen molar-refractivity contribution < 1.29 is 32.2 Å². The number of esters is 1. The number of alkyl halides is 3. The van der Waals surface area contributed by atoms with Crippen LogP contribution < -0.4 is 10.1 Å². The maximum atomic E-state index is 13.1. The molecular formula is C16H14F3N3O4S. The van der Waals surface area contributed by atoms with Gasteiger partial charge in [-0.05, 0) is 42.4 Å². The molecule has 1 aliphatic heterocycles. The first kappa shape index (κ1) is 20.5. The Hall–Kier alpha value is -2.82. The van der Waals surface area contributed by atoms with Crippen LogP contribution in [0.15, 0.2) is 39.4 Å². The third-order valence-corrected chi connectivity index (χ3v) is 3.97. The SMILES string of the molecule is CCOc1ccc(C=N/N=C2/NC(=O)/C(=C\C(=O)OC)S2)cc1C(F)(F)F. The highest BCUT2D eigenvalue weighted by atomic mass is 32.2. The van der Waals surface area contributed by atoms with Crippen LogP contribution in [0.1, 0.15) is 18.1 Å². The van der Waals surface area contributed by atoms with Crippen LogP contribution in [0.25, 0.3) is 0 Å². The normalized spacial score (nSPS) is 17.6. The molecule has 144 valence electrons. The molecule has 1 fully saturated rings. The molecule has 1 N–H and O–H groups in total. The molecule has 0 bridgehead atoms. The van der Waals surface area contributed by atoms with Gasteiger partial charge in [-0.2, -0.15) is 18.3 Å². The zero-order chi connectivity index (χ0) is 20.0. The molecule has 1 aromatic rings. The number of nitrogens with zero attached hydrogens (tertiary/aromatic N) is 2. The van der Waals surface area contributed by atoms with Gasteiger partial charge in [0.05, 0.1) is 30.4 Å². The zero-order valence-electron chi connectivity index (χ0n) is 14.2. The Balaban J connectivity index is 2.17. The van der Waals surface area contributed by atoms with E-state index < -0.39 is 23.6 Å². The van der Waals surface area contributed by atoms with Crippen molar-refractivity contribution in [3.63, 3.8) is 0 Å².